The van der Waals surface area contributed by atoms with Gasteiger partial charge in [0.2, 0.25) is 0 Å². The highest BCUT2D eigenvalue weighted by Gasteiger charge is 2.10. The SMILES string of the molecule is c1ccc(CCCNc2ccc(N3CCCCC3)cc2)cc1. The Bertz CT molecular complexity index is 542. The molecule has 116 valence electrons. The van der Waals surface area contributed by atoms with Gasteiger partial charge in [-0.05, 0) is 61.9 Å². The fourth-order valence-electron chi connectivity index (χ4n) is 3.11. The molecule has 0 aliphatic carbocycles. The number of piperidine rings is 1. The number of benzene rings is 2. The summed E-state index contributed by atoms with van der Waals surface area (Å²) in [6.45, 7) is 3.45. The topological polar surface area (TPSA) is 15.3 Å². The average Bonchev–Trinajstić information content (AvgIpc) is 2.61. The summed E-state index contributed by atoms with van der Waals surface area (Å²) in [7, 11) is 0. The fraction of sp³-hybridized carbons (Fsp3) is 0.400. The van der Waals surface area contributed by atoms with Gasteiger partial charge in [-0.3, -0.25) is 0 Å². The minimum Gasteiger partial charge on any atom is -0.385 e. The highest BCUT2D eigenvalue weighted by Crippen LogP contribution is 2.21. The molecule has 22 heavy (non-hydrogen) atoms. The number of hydrogen-bond donors (Lipinski definition) is 1. The summed E-state index contributed by atoms with van der Waals surface area (Å²) < 4.78 is 0. The van der Waals surface area contributed by atoms with Crippen molar-refractivity contribution in [3.05, 3.63) is 60.2 Å². The second-order valence-corrected chi connectivity index (χ2v) is 6.11. The quantitative estimate of drug-likeness (QED) is 0.775. The zero-order chi connectivity index (χ0) is 15.0. The normalized spacial score (nSPS) is 14.8. The van der Waals surface area contributed by atoms with Crippen LogP contribution in [0.25, 0.3) is 0 Å². The second-order valence-electron chi connectivity index (χ2n) is 6.11. The lowest BCUT2D eigenvalue weighted by Gasteiger charge is -2.28. The molecule has 1 saturated heterocycles. The Morgan fingerprint density at radius 1 is 0.818 bits per heavy atom. The van der Waals surface area contributed by atoms with E-state index < -0.39 is 0 Å². The van der Waals surface area contributed by atoms with Gasteiger partial charge in [0, 0.05) is 31.0 Å². The van der Waals surface area contributed by atoms with Crippen molar-refractivity contribution in [2.45, 2.75) is 32.1 Å². The van der Waals surface area contributed by atoms with Crippen LogP contribution in [0.5, 0.6) is 0 Å². The monoisotopic (exact) mass is 294 g/mol. The predicted octanol–water partition coefficient (Wildman–Crippen LogP) is 4.72. The van der Waals surface area contributed by atoms with Crippen molar-refractivity contribution in [3.63, 3.8) is 0 Å². The van der Waals surface area contributed by atoms with Crippen molar-refractivity contribution >= 4 is 11.4 Å². The lowest BCUT2D eigenvalue weighted by molar-refractivity contribution is 0.578. The van der Waals surface area contributed by atoms with Gasteiger partial charge in [-0.1, -0.05) is 30.3 Å². The van der Waals surface area contributed by atoms with E-state index in [1.54, 1.807) is 0 Å². The maximum absolute atomic E-state index is 3.53. The van der Waals surface area contributed by atoms with Crippen molar-refractivity contribution in [2.24, 2.45) is 0 Å². The van der Waals surface area contributed by atoms with Gasteiger partial charge in [0.1, 0.15) is 0 Å². The Labute approximate surface area is 134 Å². The summed E-state index contributed by atoms with van der Waals surface area (Å²) in [5.41, 5.74) is 4.02. The predicted molar refractivity (Wildman–Crippen MR) is 95.8 cm³/mol. The Morgan fingerprint density at radius 3 is 2.27 bits per heavy atom. The summed E-state index contributed by atoms with van der Waals surface area (Å²) in [4.78, 5) is 2.50. The molecule has 1 N–H and O–H groups in total. The minimum absolute atomic E-state index is 1.03. The molecule has 3 rings (SSSR count). The summed E-state index contributed by atoms with van der Waals surface area (Å²) in [6.07, 6.45) is 6.36. The van der Waals surface area contributed by atoms with Crippen LogP contribution in [0.2, 0.25) is 0 Å². The van der Waals surface area contributed by atoms with Crippen LogP contribution in [-0.4, -0.2) is 19.6 Å². The van der Waals surface area contributed by atoms with E-state index in [1.807, 2.05) is 0 Å². The van der Waals surface area contributed by atoms with E-state index in [0.717, 1.165) is 19.4 Å². The Morgan fingerprint density at radius 2 is 1.55 bits per heavy atom. The van der Waals surface area contributed by atoms with Gasteiger partial charge in [-0.25, -0.2) is 0 Å². The molecular formula is C20H26N2. The molecular weight excluding hydrogens is 268 g/mol. The van der Waals surface area contributed by atoms with E-state index in [9.17, 15) is 0 Å². The molecule has 0 amide bonds. The van der Waals surface area contributed by atoms with Gasteiger partial charge >= 0.3 is 0 Å². The highest BCUT2D eigenvalue weighted by molar-refractivity contribution is 5.55. The van der Waals surface area contributed by atoms with Crippen LogP contribution in [0.4, 0.5) is 11.4 Å². The van der Waals surface area contributed by atoms with Crippen molar-refractivity contribution in [1.82, 2.24) is 0 Å². The first kappa shape index (κ1) is 15.0. The first-order valence-corrected chi connectivity index (χ1v) is 8.55. The number of nitrogens with one attached hydrogen (secondary N) is 1. The number of hydrogen-bond acceptors (Lipinski definition) is 2. The molecule has 2 nitrogen and oxygen atoms in total. The lowest BCUT2D eigenvalue weighted by atomic mass is 10.1. The van der Waals surface area contributed by atoms with Crippen molar-refractivity contribution in [3.8, 4) is 0 Å². The molecule has 0 saturated carbocycles. The third kappa shape index (κ3) is 4.27. The molecule has 1 fully saturated rings. The molecule has 1 aliphatic rings. The van der Waals surface area contributed by atoms with E-state index in [4.69, 9.17) is 0 Å². The van der Waals surface area contributed by atoms with Gasteiger partial charge in [-0.2, -0.15) is 0 Å². The summed E-state index contributed by atoms with van der Waals surface area (Å²) in [5.74, 6) is 0. The number of rotatable bonds is 6. The van der Waals surface area contributed by atoms with E-state index in [2.05, 4.69) is 64.8 Å². The molecule has 0 radical (unpaired) electrons. The van der Waals surface area contributed by atoms with E-state index in [1.165, 1.54) is 49.3 Å². The largest absolute Gasteiger partial charge is 0.385 e. The molecule has 0 aromatic heterocycles. The molecule has 0 spiro atoms. The Kier molecular flexibility index (Phi) is 5.36. The molecule has 2 heteroatoms. The minimum atomic E-state index is 1.03. The Balaban J connectivity index is 1.43. The molecule has 2 aromatic rings. The third-order valence-corrected chi connectivity index (χ3v) is 4.40. The fourth-order valence-corrected chi connectivity index (χ4v) is 3.11. The van der Waals surface area contributed by atoms with Crippen LogP contribution in [0.3, 0.4) is 0 Å². The van der Waals surface area contributed by atoms with E-state index in [-0.39, 0.29) is 0 Å². The maximum atomic E-state index is 3.53. The average molecular weight is 294 g/mol. The summed E-state index contributed by atoms with van der Waals surface area (Å²) >= 11 is 0. The van der Waals surface area contributed by atoms with Gasteiger partial charge in [-0.15, -0.1) is 0 Å². The number of aryl methyl sites for hydroxylation is 1. The molecule has 0 atom stereocenters. The molecule has 2 aromatic carbocycles. The van der Waals surface area contributed by atoms with Gasteiger partial charge in [0.05, 0.1) is 0 Å². The molecule has 1 aliphatic heterocycles. The van der Waals surface area contributed by atoms with Gasteiger partial charge in [0.25, 0.3) is 0 Å². The van der Waals surface area contributed by atoms with E-state index >= 15 is 0 Å². The summed E-state index contributed by atoms with van der Waals surface area (Å²) in [5, 5.41) is 3.53. The van der Waals surface area contributed by atoms with Gasteiger partial charge in [0.15, 0.2) is 0 Å². The van der Waals surface area contributed by atoms with Crippen molar-refractivity contribution in [1.29, 1.82) is 0 Å². The van der Waals surface area contributed by atoms with Crippen LogP contribution < -0.4 is 10.2 Å². The van der Waals surface area contributed by atoms with Crippen LogP contribution >= 0.6 is 0 Å². The smallest absolute Gasteiger partial charge is 0.0367 e. The van der Waals surface area contributed by atoms with E-state index in [0.29, 0.717) is 0 Å². The van der Waals surface area contributed by atoms with Gasteiger partial charge < -0.3 is 10.2 Å². The Hall–Kier alpha value is -1.96. The van der Waals surface area contributed by atoms with Crippen LogP contribution in [0.1, 0.15) is 31.2 Å². The second kappa shape index (κ2) is 7.88. The zero-order valence-corrected chi connectivity index (χ0v) is 13.3. The van der Waals surface area contributed by atoms with Crippen LogP contribution in [0.15, 0.2) is 54.6 Å². The zero-order valence-electron chi connectivity index (χ0n) is 13.3. The van der Waals surface area contributed by atoms with Crippen LogP contribution in [0, 0.1) is 0 Å². The van der Waals surface area contributed by atoms with Crippen molar-refractivity contribution < 1.29 is 0 Å². The standard InChI is InChI=1S/C20H26N2/c1-3-8-18(9-4-1)10-7-15-21-19-11-13-20(14-12-19)22-16-5-2-6-17-22/h1,3-4,8-9,11-14,21H,2,5-7,10,15-17H2. The molecule has 0 unspecified atom stereocenters. The summed E-state index contributed by atoms with van der Waals surface area (Å²) in [6, 6.07) is 19.6. The molecule has 1 heterocycles. The third-order valence-electron chi connectivity index (χ3n) is 4.40. The highest BCUT2D eigenvalue weighted by atomic mass is 15.1. The van der Waals surface area contributed by atoms with Crippen LogP contribution in [-0.2, 0) is 6.42 Å². The molecule has 0 bridgehead atoms. The first-order valence-electron chi connectivity index (χ1n) is 8.55. The first-order chi connectivity index (χ1) is 10.9. The number of nitrogens with zero attached hydrogens (tertiary/aromatic N) is 1. The lowest BCUT2D eigenvalue weighted by Crippen LogP contribution is -2.29. The number of anilines is 2. The van der Waals surface area contributed by atoms with Crippen molar-refractivity contribution in [2.75, 3.05) is 29.9 Å². The maximum Gasteiger partial charge on any atom is 0.0367 e.